The minimum atomic E-state index is -1.88. The third kappa shape index (κ3) is 5.47. The van der Waals surface area contributed by atoms with Crippen molar-refractivity contribution < 1.29 is 21.7 Å². The topological polar surface area (TPSA) is 54.0 Å². The summed E-state index contributed by atoms with van der Waals surface area (Å²) in [6, 6.07) is 9.91. The van der Waals surface area contributed by atoms with Crippen molar-refractivity contribution in [2.45, 2.75) is 57.7 Å². The van der Waals surface area contributed by atoms with E-state index in [2.05, 4.69) is 33.9 Å². The van der Waals surface area contributed by atoms with Crippen molar-refractivity contribution in [3.63, 3.8) is 0 Å². The average molecular weight is 373 g/mol. The van der Waals surface area contributed by atoms with Crippen molar-refractivity contribution >= 4 is 19.7 Å². The molecule has 0 saturated carbocycles. The summed E-state index contributed by atoms with van der Waals surface area (Å²) in [4.78, 5) is 0. The van der Waals surface area contributed by atoms with Crippen molar-refractivity contribution in [1.82, 2.24) is 0 Å². The molecule has 1 aliphatic heterocycles. The van der Waals surface area contributed by atoms with E-state index in [-0.39, 0.29) is 17.2 Å². The van der Waals surface area contributed by atoms with Crippen molar-refractivity contribution in [3.8, 4) is 0 Å². The van der Waals surface area contributed by atoms with E-state index in [4.69, 9.17) is 17.5 Å². The highest BCUT2D eigenvalue weighted by Gasteiger charge is 2.41. The Balaban J connectivity index is 1.84. The molecule has 7 heteroatoms. The van der Waals surface area contributed by atoms with Crippen LogP contribution in [0.15, 0.2) is 30.3 Å². The summed E-state index contributed by atoms with van der Waals surface area (Å²) >= 11 is -1.72. The van der Waals surface area contributed by atoms with E-state index in [0.717, 1.165) is 5.56 Å². The zero-order valence-corrected chi connectivity index (χ0v) is 16.9. The van der Waals surface area contributed by atoms with Gasteiger partial charge in [0.1, 0.15) is 12.2 Å². The van der Waals surface area contributed by atoms with Crippen molar-refractivity contribution in [1.29, 1.82) is 0 Å². The fourth-order valence-corrected chi connectivity index (χ4v) is 3.81. The molecule has 0 bridgehead atoms. The van der Waals surface area contributed by atoms with E-state index in [0.29, 0.717) is 19.8 Å². The minimum absolute atomic E-state index is 0.116. The van der Waals surface area contributed by atoms with E-state index in [1.807, 2.05) is 30.3 Å². The molecule has 0 aromatic heterocycles. The Morgan fingerprint density at radius 2 is 1.67 bits per heavy atom. The van der Waals surface area contributed by atoms with E-state index in [1.54, 1.807) is 0 Å². The maximum absolute atomic E-state index is 11.6. The summed E-state index contributed by atoms with van der Waals surface area (Å²) in [5.41, 5.74) is 1.09. The first kappa shape index (κ1) is 19.7. The minimum Gasteiger partial charge on any atom is -0.414 e. The molecular formula is C17H28O5SSi. The normalized spacial score (nSPS) is 25.1. The largest absolute Gasteiger partial charge is 0.414 e. The number of hydrogen-bond acceptors (Lipinski definition) is 5. The molecule has 0 radical (unpaired) electrons. The molecule has 1 aromatic rings. The van der Waals surface area contributed by atoms with Crippen molar-refractivity contribution in [2.24, 2.45) is 0 Å². The van der Waals surface area contributed by atoms with Crippen LogP contribution in [0.1, 0.15) is 26.3 Å². The number of benzene rings is 1. The standard InChI is InChI=1S/C17H28O5SSi/c1-17(2,3)24(4,5)20-13-16-15(21-23(18)22-16)12-19-11-14-9-7-6-8-10-14/h6-10,15-16H,11-13H2,1-5H3/t15-,16-,23?/m1/s1. The van der Waals surface area contributed by atoms with Gasteiger partial charge in [-0.2, -0.15) is 4.21 Å². The van der Waals surface area contributed by atoms with Gasteiger partial charge in [0.05, 0.1) is 19.8 Å². The van der Waals surface area contributed by atoms with Gasteiger partial charge >= 0.3 is 11.4 Å². The van der Waals surface area contributed by atoms with Gasteiger partial charge in [-0.25, -0.2) is 0 Å². The molecule has 0 N–H and O–H groups in total. The van der Waals surface area contributed by atoms with Crippen LogP contribution in [-0.2, 0) is 35.5 Å². The first-order chi connectivity index (χ1) is 11.2. The summed E-state index contributed by atoms with van der Waals surface area (Å²) in [6.07, 6.45) is -0.741. The molecule has 1 fully saturated rings. The zero-order chi connectivity index (χ0) is 17.8. The highest BCUT2D eigenvalue weighted by atomic mass is 32.2. The van der Waals surface area contributed by atoms with E-state index < -0.39 is 19.7 Å². The summed E-state index contributed by atoms with van der Waals surface area (Å²) in [5, 5.41) is 0.116. The third-order valence-corrected chi connectivity index (χ3v) is 9.94. The molecule has 0 spiro atoms. The predicted molar refractivity (Wildman–Crippen MR) is 97.1 cm³/mol. The van der Waals surface area contributed by atoms with E-state index >= 15 is 0 Å². The van der Waals surface area contributed by atoms with Gasteiger partial charge in [-0.15, -0.1) is 0 Å². The Morgan fingerprint density at radius 3 is 2.25 bits per heavy atom. The van der Waals surface area contributed by atoms with Crippen LogP contribution in [-0.4, -0.2) is 37.9 Å². The van der Waals surface area contributed by atoms with Crippen LogP contribution in [0.3, 0.4) is 0 Å². The Hall–Kier alpha value is -0.573. The van der Waals surface area contributed by atoms with Gasteiger partial charge in [-0.3, -0.25) is 8.37 Å². The molecule has 1 aromatic carbocycles. The monoisotopic (exact) mass is 372 g/mol. The fourth-order valence-electron chi connectivity index (χ4n) is 1.99. The second-order valence-electron chi connectivity index (χ2n) is 7.55. The molecule has 5 nitrogen and oxygen atoms in total. The zero-order valence-electron chi connectivity index (χ0n) is 15.1. The van der Waals surface area contributed by atoms with Crippen molar-refractivity contribution in [2.75, 3.05) is 13.2 Å². The van der Waals surface area contributed by atoms with Gasteiger partial charge in [0.2, 0.25) is 0 Å². The second kappa shape index (κ2) is 8.20. The number of hydrogen-bond donors (Lipinski definition) is 0. The molecule has 0 amide bonds. The highest BCUT2D eigenvalue weighted by molar-refractivity contribution is 7.75. The first-order valence-corrected chi connectivity index (χ1v) is 12.1. The Kier molecular flexibility index (Phi) is 6.75. The molecule has 1 heterocycles. The molecule has 3 atom stereocenters. The van der Waals surface area contributed by atoms with E-state index in [1.165, 1.54) is 0 Å². The van der Waals surface area contributed by atoms with E-state index in [9.17, 15) is 4.21 Å². The predicted octanol–water partition coefficient (Wildman–Crippen LogP) is 3.59. The van der Waals surface area contributed by atoms with Gasteiger partial charge in [-0.1, -0.05) is 51.1 Å². The Bertz CT molecular complexity index is 544. The average Bonchev–Trinajstić information content (AvgIpc) is 2.85. The first-order valence-electron chi connectivity index (χ1n) is 8.21. The van der Waals surface area contributed by atoms with Crippen LogP contribution in [0.5, 0.6) is 0 Å². The lowest BCUT2D eigenvalue weighted by molar-refractivity contribution is 0.0123. The summed E-state index contributed by atoms with van der Waals surface area (Å²) < 4.78 is 34.1. The molecule has 1 aliphatic rings. The second-order valence-corrected chi connectivity index (χ2v) is 13.1. The molecule has 0 aliphatic carbocycles. The highest BCUT2D eigenvalue weighted by Crippen LogP contribution is 2.37. The number of ether oxygens (including phenoxy) is 1. The summed E-state index contributed by atoms with van der Waals surface area (Å²) in [5.74, 6) is 0. The van der Waals surface area contributed by atoms with Crippen LogP contribution in [0.25, 0.3) is 0 Å². The van der Waals surface area contributed by atoms with Gasteiger partial charge in [0.15, 0.2) is 8.32 Å². The van der Waals surface area contributed by atoms with Crippen LogP contribution >= 0.6 is 0 Å². The Labute approximate surface area is 148 Å². The lowest BCUT2D eigenvalue weighted by atomic mass is 10.2. The number of rotatable bonds is 7. The lowest BCUT2D eigenvalue weighted by Gasteiger charge is -2.36. The van der Waals surface area contributed by atoms with Crippen molar-refractivity contribution in [3.05, 3.63) is 35.9 Å². The molecule has 136 valence electrons. The molecule has 24 heavy (non-hydrogen) atoms. The molecule has 1 unspecified atom stereocenters. The van der Waals surface area contributed by atoms with Gasteiger partial charge in [0, 0.05) is 0 Å². The SMILES string of the molecule is CC(C)(C)[Si](C)(C)OC[C@H]1OS(=O)O[C@@H]1COCc1ccccc1. The molecule has 1 saturated heterocycles. The molecule has 2 rings (SSSR count). The van der Waals surface area contributed by atoms with Crippen LogP contribution in [0.4, 0.5) is 0 Å². The maximum Gasteiger partial charge on any atom is 0.305 e. The summed E-state index contributed by atoms with van der Waals surface area (Å²) in [6.45, 7) is 12.1. The lowest BCUT2D eigenvalue weighted by Crippen LogP contribution is -2.44. The van der Waals surface area contributed by atoms with Crippen LogP contribution in [0, 0.1) is 0 Å². The quantitative estimate of drug-likeness (QED) is 0.685. The van der Waals surface area contributed by atoms with Crippen LogP contribution in [0.2, 0.25) is 18.1 Å². The van der Waals surface area contributed by atoms with Gasteiger partial charge in [0.25, 0.3) is 0 Å². The van der Waals surface area contributed by atoms with Gasteiger partial charge in [-0.05, 0) is 23.7 Å². The molecular weight excluding hydrogens is 344 g/mol. The fraction of sp³-hybridized carbons (Fsp3) is 0.647. The van der Waals surface area contributed by atoms with Gasteiger partial charge < -0.3 is 9.16 Å². The smallest absolute Gasteiger partial charge is 0.305 e. The van der Waals surface area contributed by atoms with Crippen LogP contribution < -0.4 is 0 Å². The maximum atomic E-state index is 11.6. The third-order valence-electron chi connectivity index (χ3n) is 4.63. The Morgan fingerprint density at radius 1 is 1.08 bits per heavy atom. The summed E-state index contributed by atoms with van der Waals surface area (Å²) in [7, 11) is -1.88.